The summed E-state index contributed by atoms with van der Waals surface area (Å²) >= 11 is 3.33. The Morgan fingerprint density at radius 2 is 2.06 bits per heavy atom. The second-order valence-electron chi connectivity index (χ2n) is 4.60. The van der Waals surface area contributed by atoms with Crippen LogP contribution in [0.4, 0.5) is 0 Å². The van der Waals surface area contributed by atoms with Gasteiger partial charge >= 0.3 is 0 Å². The second kappa shape index (κ2) is 5.52. The van der Waals surface area contributed by atoms with Gasteiger partial charge < -0.3 is 14.9 Å². The maximum Gasteiger partial charge on any atom is 0.169 e. The predicted molar refractivity (Wildman–Crippen MR) is 69.8 cm³/mol. The molecule has 1 saturated heterocycles. The average molecular weight is 303 g/mol. The van der Waals surface area contributed by atoms with E-state index in [9.17, 15) is 0 Å². The number of nitrogens with two attached hydrogens (primary N) is 1. The quantitative estimate of drug-likeness (QED) is 0.929. The Bertz CT molecular complexity index is 359. The lowest BCUT2D eigenvalue weighted by molar-refractivity contribution is -0.0819. The highest BCUT2D eigenvalue weighted by Gasteiger charge is 2.29. The molecule has 4 nitrogen and oxygen atoms in total. The molecule has 17 heavy (non-hydrogen) atoms. The molecule has 2 N–H and O–H groups in total. The molecule has 2 rings (SSSR count). The van der Waals surface area contributed by atoms with Crippen LogP contribution in [0.5, 0.6) is 0 Å². The van der Waals surface area contributed by atoms with Gasteiger partial charge in [0.05, 0.1) is 18.2 Å². The average Bonchev–Trinajstić information content (AvgIpc) is 2.64. The van der Waals surface area contributed by atoms with Gasteiger partial charge in [-0.1, -0.05) is 0 Å². The lowest BCUT2D eigenvalue weighted by atomic mass is 10.1. The summed E-state index contributed by atoms with van der Waals surface area (Å²) in [5, 5.41) is 0. The molecular weight excluding hydrogens is 284 g/mol. The Balaban J connectivity index is 2.12. The third kappa shape index (κ3) is 3.10. The summed E-state index contributed by atoms with van der Waals surface area (Å²) in [5.74, 6) is 0.917. The molecule has 1 aromatic heterocycles. The van der Waals surface area contributed by atoms with Crippen molar-refractivity contribution >= 4 is 15.9 Å². The standard InChI is InChI=1S/C12H19BrN2O2/c1-8-6-15(7-9(2)16-8)10(5-14)11-3-4-12(13)17-11/h3-4,8-10H,5-7,14H2,1-2H3/t8-,9+,10?. The van der Waals surface area contributed by atoms with E-state index in [0.717, 1.165) is 23.5 Å². The number of halogens is 1. The van der Waals surface area contributed by atoms with Crippen molar-refractivity contribution in [1.82, 2.24) is 4.90 Å². The van der Waals surface area contributed by atoms with Crippen molar-refractivity contribution in [2.75, 3.05) is 19.6 Å². The molecule has 0 saturated carbocycles. The number of hydrogen-bond donors (Lipinski definition) is 1. The molecule has 1 fully saturated rings. The van der Waals surface area contributed by atoms with E-state index in [-0.39, 0.29) is 18.2 Å². The van der Waals surface area contributed by atoms with Crippen LogP contribution in [-0.4, -0.2) is 36.7 Å². The van der Waals surface area contributed by atoms with E-state index in [1.807, 2.05) is 12.1 Å². The van der Waals surface area contributed by atoms with Gasteiger partial charge in [0.2, 0.25) is 0 Å². The molecular formula is C12H19BrN2O2. The molecule has 96 valence electrons. The number of morpholine rings is 1. The maximum atomic E-state index is 5.88. The van der Waals surface area contributed by atoms with E-state index in [0.29, 0.717) is 6.54 Å². The van der Waals surface area contributed by atoms with E-state index < -0.39 is 0 Å². The molecule has 1 aliphatic rings. The largest absolute Gasteiger partial charge is 0.453 e. The molecule has 1 aliphatic heterocycles. The molecule has 5 heteroatoms. The Morgan fingerprint density at radius 3 is 2.53 bits per heavy atom. The van der Waals surface area contributed by atoms with Gasteiger partial charge in [0.25, 0.3) is 0 Å². The first-order chi connectivity index (χ1) is 8.10. The van der Waals surface area contributed by atoms with E-state index in [4.69, 9.17) is 14.9 Å². The summed E-state index contributed by atoms with van der Waals surface area (Å²) in [5.41, 5.74) is 5.88. The van der Waals surface area contributed by atoms with Gasteiger partial charge in [-0.2, -0.15) is 0 Å². The van der Waals surface area contributed by atoms with Crippen LogP contribution in [0.3, 0.4) is 0 Å². The molecule has 1 aromatic rings. The molecule has 0 amide bonds. The van der Waals surface area contributed by atoms with Gasteiger partial charge in [0.1, 0.15) is 5.76 Å². The van der Waals surface area contributed by atoms with Crippen LogP contribution in [0.2, 0.25) is 0 Å². The normalized spacial score (nSPS) is 28.2. The van der Waals surface area contributed by atoms with Crippen LogP contribution in [0, 0.1) is 0 Å². The van der Waals surface area contributed by atoms with Gasteiger partial charge in [-0.25, -0.2) is 0 Å². The van der Waals surface area contributed by atoms with Crippen LogP contribution < -0.4 is 5.73 Å². The molecule has 0 aliphatic carbocycles. The molecule has 0 radical (unpaired) electrons. The first-order valence-corrected chi connectivity index (χ1v) is 6.74. The lowest BCUT2D eigenvalue weighted by Crippen LogP contribution is -2.48. The first kappa shape index (κ1) is 13.1. The van der Waals surface area contributed by atoms with Crippen molar-refractivity contribution in [2.45, 2.75) is 32.1 Å². The number of furan rings is 1. The third-order valence-corrected chi connectivity index (χ3v) is 3.46. The van der Waals surface area contributed by atoms with Crippen LogP contribution in [0.15, 0.2) is 21.2 Å². The second-order valence-corrected chi connectivity index (χ2v) is 5.39. The topological polar surface area (TPSA) is 51.6 Å². The van der Waals surface area contributed by atoms with Crippen molar-refractivity contribution in [1.29, 1.82) is 0 Å². The number of nitrogens with zero attached hydrogens (tertiary/aromatic N) is 1. The summed E-state index contributed by atoms with van der Waals surface area (Å²) in [6.45, 7) is 6.52. The predicted octanol–water partition coefficient (Wildman–Crippen LogP) is 2.15. The molecule has 0 spiro atoms. The van der Waals surface area contributed by atoms with Crippen molar-refractivity contribution in [2.24, 2.45) is 5.73 Å². The Kier molecular flexibility index (Phi) is 4.25. The minimum absolute atomic E-state index is 0.134. The van der Waals surface area contributed by atoms with E-state index in [1.54, 1.807) is 0 Å². The zero-order chi connectivity index (χ0) is 12.4. The van der Waals surface area contributed by atoms with Crippen LogP contribution in [0.25, 0.3) is 0 Å². The van der Waals surface area contributed by atoms with E-state index in [1.165, 1.54) is 0 Å². The van der Waals surface area contributed by atoms with E-state index >= 15 is 0 Å². The first-order valence-electron chi connectivity index (χ1n) is 5.95. The zero-order valence-electron chi connectivity index (χ0n) is 10.2. The molecule has 0 bridgehead atoms. The summed E-state index contributed by atoms with van der Waals surface area (Å²) in [6.07, 6.45) is 0.484. The lowest BCUT2D eigenvalue weighted by Gasteiger charge is -2.39. The Morgan fingerprint density at radius 1 is 1.41 bits per heavy atom. The Labute approximate surface area is 110 Å². The maximum absolute atomic E-state index is 5.88. The fourth-order valence-corrected chi connectivity index (χ4v) is 2.74. The smallest absolute Gasteiger partial charge is 0.169 e. The van der Waals surface area contributed by atoms with Crippen molar-refractivity contribution in [3.63, 3.8) is 0 Å². The highest BCUT2D eigenvalue weighted by molar-refractivity contribution is 9.10. The fraction of sp³-hybridized carbons (Fsp3) is 0.667. The molecule has 3 atom stereocenters. The summed E-state index contributed by atoms with van der Waals surface area (Å²) in [4.78, 5) is 2.34. The highest BCUT2D eigenvalue weighted by Crippen LogP contribution is 2.27. The van der Waals surface area contributed by atoms with Gasteiger partial charge in [-0.05, 0) is 41.9 Å². The monoisotopic (exact) mass is 302 g/mol. The minimum atomic E-state index is 0.134. The molecule has 2 heterocycles. The zero-order valence-corrected chi connectivity index (χ0v) is 11.8. The van der Waals surface area contributed by atoms with Gasteiger partial charge in [-0.15, -0.1) is 0 Å². The summed E-state index contributed by atoms with van der Waals surface area (Å²) in [7, 11) is 0. The van der Waals surface area contributed by atoms with Gasteiger partial charge in [-0.3, -0.25) is 4.90 Å². The number of hydrogen-bond acceptors (Lipinski definition) is 4. The van der Waals surface area contributed by atoms with Crippen molar-refractivity contribution in [3.05, 3.63) is 22.6 Å². The molecule has 1 unspecified atom stereocenters. The summed E-state index contributed by atoms with van der Waals surface area (Å²) in [6, 6.07) is 4.02. The van der Waals surface area contributed by atoms with Crippen LogP contribution >= 0.6 is 15.9 Å². The van der Waals surface area contributed by atoms with Gasteiger partial charge in [0, 0.05) is 19.6 Å². The highest BCUT2D eigenvalue weighted by atomic mass is 79.9. The van der Waals surface area contributed by atoms with Crippen LogP contribution in [0.1, 0.15) is 25.6 Å². The summed E-state index contributed by atoms with van der Waals surface area (Å²) < 4.78 is 12.1. The third-order valence-electron chi connectivity index (χ3n) is 3.03. The SMILES string of the molecule is C[C@@H]1CN(C(CN)c2ccc(Br)o2)C[C@H](C)O1. The molecule has 0 aromatic carbocycles. The number of rotatable bonds is 3. The van der Waals surface area contributed by atoms with Gasteiger partial charge in [0.15, 0.2) is 4.67 Å². The minimum Gasteiger partial charge on any atom is -0.453 e. The van der Waals surface area contributed by atoms with Crippen molar-refractivity contribution in [3.8, 4) is 0 Å². The Hall–Kier alpha value is -0.360. The fourth-order valence-electron chi connectivity index (χ4n) is 2.42. The number of ether oxygens (including phenoxy) is 1. The van der Waals surface area contributed by atoms with Crippen LogP contribution in [-0.2, 0) is 4.74 Å². The van der Waals surface area contributed by atoms with E-state index in [2.05, 4.69) is 34.7 Å². The van der Waals surface area contributed by atoms with Crippen molar-refractivity contribution < 1.29 is 9.15 Å².